The van der Waals surface area contributed by atoms with Crippen LogP contribution in [0, 0.1) is 5.92 Å². The second-order valence-corrected chi connectivity index (χ2v) is 7.69. The molecule has 6 nitrogen and oxygen atoms in total. The maximum absolute atomic E-state index is 4.75. The van der Waals surface area contributed by atoms with E-state index >= 15 is 0 Å². The molecule has 2 heterocycles. The van der Waals surface area contributed by atoms with E-state index in [0.29, 0.717) is 12.6 Å². The first kappa shape index (κ1) is 20.5. The van der Waals surface area contributed by atoms with Gasteiger partial charge in [-0.1, -0.05) is 19.9 Å². The average molecular weight is 361 g/mol. The van der Waals surface area contributed by atoms with Crippen LogP contribution in [0.4, 0.5) is 5.82 Å². The van der Waals surface area contributed by atoms with E-state index < -0.39 is 0 Å². The fraction of sp³-hybridized carbons (Fsp3) is 0.700. The second kappa shape index (κ2) is 10.4. The predicted molar refractivity (Wildman–Crippen MR) is 111 cm³/mol. The molecule has 1 fully saturated rings. The lowest BCUT2D eigenvalue weighted by molar-refractivity contribution is 0.187. The van der Waals surface area contributed by atoms with Crippen molar-refractivity contribution in [1.29, 1.82) is 0 Å². The zero-order valence-electron chi connectivity index (χ0n) is 17.1. The molecule has 0 aliphatic carbocycles. The third kappa shape index (κ3) is 6.83. The van der Waals surface area contributed by atoms with Gasteiger partial charge in [-0.15, -0.1) is 0 Å². The van der Waals surface area contributed by atoms with Crippen molar-refractivity contribution in [2.45, 2.75) is 46.2 Å². The van der Waals surface area contributed by atoms with Crippen molar-refractivity contribution in [3.63, 3.8) is 0 Å². The summed E-state index contributed by atoms with van der Waals surface area (Å²) in [5, 5.41) is 6.98. The SMILES string of the molecule is CCNC(=NCc1cccc(N(C)C)n1)NC1CCN(CC(C)C)CC1. The first-order chi connectivity index (χ1) is 12.5. The maximum Gasteiger partial charge on any atom is 0.191 e. The molecule has 0 spiro atoms. The molecule has 0 unspecified atom stereocenters. The molecule has 6 heteroatoms. The van der Waals surface area contributed by atoms with Crippen LogP contribution in [0.15, 0.2) is 23.2 Å². The van der Waals surface area contributed by atoms with Gasteiger partial charge in [0.2, 0.25) is 0 Å². The quantitative estimate of drug-likeness (QED) is 0.577. The minimum atomic E-state index is 0.497. The molecular formula is C20H36N6. The standard InChI is InChI=1S/C20H36N6/c1-6-21-20(22-14-18-8-7-9-19(23-18)25(4)5)24-17-10-12-26(13-11-17)15-16(2)3/h7-9,16-17H,6,10-15H2,1-5H3,(H2,21,22,24). The van der Waals surface area contributed by atoms with Gasteiger partial charge in [0, 0.05) is 46.3 Å². The molecule has 26 heavy (non-hydrogen) atoms. The normalized spacial score (nSPS) is 16.8. The molecule has 146 valence electrons. The number of guanidine groups is 1. The van der Waals surface area contributed by atoms with E-state index in [2.05, 4.69) is 41.3 Å². The summed E-state index contributed by atoms with van der Waals surface area (Å²) in [6, 6.07) is 6.58. The average Bonchev–Trinajstić information content (AvgIpc) is 2.61. The summed E-state index contributed by atoms with van der Waals surface area (Å²) in [5.74, 6) is 2.60. The smallest absolute Gasteiger partial charge is 0.191 e. The molecule has 1 saturated heterocycles. The largest absolute Gasteiger partial charge is 0.363 e. The van der Waals surface area contributed by atoms with Crippen LogP contribution in [0.1, 0.15) is 39.3 Å². The number of hydrogen-bond acceptors (Lipinski definition) is 4. The van der Waals surface area contributed by atoms with Gasteiger partial charge in [-0.25, -0.2) is 9.98 Å². The van der Waals surface area contributed by atoms with Crippen molar-refractivity contribution < 1.29 is 0 Å². The Morgan fingerprint density at radius 2 is 2.04 bits per heavy atom. The number of rotatable bonds is 7. The van der Waals surface area contributed by atoms with Crippen LogP contribution in [-0.4, -0.2) is 62.2 Å². The summed E-state index contributed by atoms with van der Waals surface area (Å²) in [6.45, 7) is 11.7. The van der Waals surface area contributed by atoms with Gasteiger partial charge in [0.05, 0.1) is 12.2 Å². The van der Waals surface area contributed by atoms with E-state index in [4.69, 9.17) is 4.99 Å². The van der Waals surface area contributed by atoms with Gasteiger partial charge in [0.15, 0.2) is 5.96 Å². The highest BCUT2D eigenvalue weighted by Crippen LogP contribution is 2.12. The molecule has 1 aliphatic heterocycles. The van der Waals surface area contributed by atoms with Crippen LogP contribution < -0.4 is 15.5 Å². The summed E-state index contributed by atoms with van der Waals surface area (Å²) >= 11 is 0. The Labute approximate surface area is 159 Å². The summed E-state index contributed by atoms with van der Waals surface area (Å²) in [7, 11) is 4.01. The molecule has 0 saturated carbocycles. The minimum absolute atomic E-state index is 0.497. The van der Waals surface area contributed by atoms with Gasteiger partial charge in [-0.2, -0.15) is 0 Å². The van der Waals surface area contributed by atoms with Crippen molar-refractivity contribution in [1.82, 2.24) is 20.5 Å². The van der Waals surface area contributed by atoms with E-state index in [-0.39, 0.29) is 0 Å². The first-order valence-electron chi connectivity index (χ1n) is 9.88. The number of likely N-dealkylation sites (tertiary alicyclic amines) is 1. The van der Waals surface area contributed by atoms with Crippen molar-refractivity contribution in [3.05, 3.63) is 23.9 Å². The topological polar surface area (TPSA) is 55.8 Å². The number of aliphatic imine (C=N–C) groups is 1. The number of pyridine rings is 1. The van der Waals surface area contributed by atoms with Crippen LogP contribution in [0.2, 0.25) is 0 Å². The maximum atomic E-state index is 4.75. The Morgan fingerprint density at radius 3 is 2.65 bits per heavy atom. The van der Waals surface area contributed by atoms with Crippen LogP contribution >= 0.6 is 0 Å². The van der Waals surface area contributed by atoms with E-state index in [1.54, 1.807) is 0 Å². The van der Waals surface area contributed by atoms with Gasteiger partial charge in [0.25, 0.3) is 0 Å². The Hall–Kier alpha value is -1.82. The number of nitrogens with one attached hydrogen (secondary N) is 2. The highest BCUT2D eigenvalue weighted by Gasteiger charge is 2.20. The van der Waals surface area contributed by atoms with E-state index in [1.807, 2.05) is 37.2 Å². The summed E-state index contributed by atoms with van der Waals surface area (Å²) < 4.78 is 0. The Morgan fingerprint density at radius 1 is 1.31 bits per heavy atom. The lowest BCUT2D eigenvalue weighted by atomic mass is 10.0. The molecule has 0 radical (unpaired) electrons. The Bertz CT molecular complexity index is 561. The molecule has 1 aliphatic rings. The van der Waals surface area contributed by atoms with Crippen molar-refractivity contribution >= 4 is 11.8 Å². The van der Waals surface area contributed by atoms with Crippen LogP contribution in [0.5, 0.6) is 0 Å². The van der Waals surface area contributed by atoms with Crippen molar-refractivity contribution in [2.24, 2.45) is 10.9 Å². The summed E-state index contributed by atoms with van der Waals surface area (Å²) in [5.41, 5.74) is 0.986. The molecular weight excluding hydrogens is 324 g/mol. The molecule has 1 aromatic heterocycles. The van der Waals surface area contributed by atoms with Gasteiger partial charge in [-0.05, 0) is 37.8 Å². The van der Waals surface area contributed by atoms with Crippen molar-refractivity contribution in [2.75, 3.05) is 45.2 Å². The van der Waals surface area contributed by atoms with Gasteiger partial charge >= 0.3 is 0 Å². The van der Waals surface area contributed by atoms with Crippen LogP contribution in [0.3, 0.4) is 0 Å². The number of aromatic nitrogens is 1. The molecule has 2 rings (SSSR count). The number of hydrogen-bond donors (Lipinski definition) is 2. The highest BCUT2D eigenvalue weighted by atomic mass is 15.2. The summed E-state index contributed by atoms with van der Waals surface area (Å²) in [6.07, 6.45) is 2.34. The van der Waals surface area contributed by atoms with E-state index in [1.165, 1.54) is 32.5 Å². The number of nitrogens with zero attached hydrogens (tertiary/aromatic N) is 4. The molecule has 0 atom stereocenters. The molecule has 0 amide bonds. The van der Waals surface area contributed by atoms with Gasteiger partial charge in [0.1, 0.15) is 5.82 Å². The third-order valence-electron chi connectivity index (χ3n) is 4.55. The molecule has 0 aromatic carbocycles. The van der Waals surface area contributed by atoms with Gasteiger partial charge in [-0.3, -0.25) is 0 Å². The van der Waals surface area contributed by atoms with Crippen LogP contribution in [-0.2, 0) is 6.54 Å². The molecule has 1 aromatic rings. The lowest BCUT2D eigenvalue weighted by Crippen LogP contribution is -2.49. The Balaban J connectivity index is 1.90. The zero-order chi connectivity index (χ0) is 18.9. The molecule has 2 N–H and O–H groups in total. The Kier molecular flexibility index (Phi) is 8.16. The monoisotopic (exact) mass is 360 g/mol. The first-order valence-corrected chi connectivity index (χ1v) is 9.88. The second-order valence-electron chi connectivity index (χ2n) is 7.69. The highest BCUT2D eigenvalue weighted by molar-refractivity contribution is 5.80. The summed E-state index contributed by atoms with van der Waals surface area (Å²) in [4.78, 5) is 14.0. The number of anilines is 1. The number of piperidine rings is 1. The predicted octanol–water partition coefficient (Wildman–Crippen LogP) is 2.32. The third-order valence-corrected chi connectivity index (χ3v) is 4.55. The lowest BCUT2D eigenvalue weighted by Gasteiger charge is -2.34. The fourth-order valence-corrected chi connectivity index (χ4v) is 3.25. The molecule has 0 bridgehead atoms. The fourth-order valence-electron chi connectivity index (χ4n) is 3.25. The van der Waals surface area contributed by atoms with E-state index in [9.17, 15) is 0 Å². The van der Waals surface area contributed by atoms with Crippen LogP contribution in [0.25, 0.3) is 0 Å². The van der Waals surface area contributed by atoms with Gasteiger partial charge < -0.3 is 20.4 Å². The zero-order valence-corrected chi connectivity index (χ0v) is 17.1. The minimum Gasteiger partial charge on any atom is -0.363 e. The van der Waals surface area contributed by atoms with E-state index in [0.717, 1.165) is 29.9 Å². The van der Waals surface area contributed by atoms with Crippen molar-refractivity contribution in [3.8, 4) is 0 Å².